The summed E-state index contributed by atoms with van der Waals surface area (Å²) in [5, 5.41) is 0. The first-order valence-electron chi connectivity index (χ1n) is 11.8. The summed E-state index contributed by atoms with van der Waals surface area (Å²) in [4.78, 5) is 18.3. The monoisotopic (exact) mass is 428 g/mol. The number of amides is 1. The fourth-order valence-electron chi connectivity index (χ4n) is 4.38. The van der Waals surface area contributed by atoms with Crippen LogP contribution in [0.4, 0.5) is 0 Å². The molecule has 3 aromatic rings. The Morgan fingerprint density at radius 2 is 1.12 bits per heavy atom. The van der Waals surface area contributed by atoms with Crippen LogP contribution in [0.3, 0.4) is 0 Å². The normalized spacial score (nSPS) is 14.5. The van der Waals surface area contributed by atoms with Crippen LogP contribution < -0.4 is 0 Å². The molecule has 1 aliphatic rings. The first kappa shape index (κ1) is 23.7. The maximum Gasteiger partial charge on any atom is 0.235 e. The smallest absolute Gasteiger partial charge is 0.235 e. The molecule has 1 saturated heterocycles. The molecule has 0 N–H and O–H groups in total. The van der Waals surface area contributed by atoms with Crippen LogP contribution in [0, 0.1) is 0 Å². The quantitative estimate of drug-likeness (QED) is 0.448. The van der Waals surface area contributed by atoms with Gasteiger partial charge in [-0.2, -0.15) is 0 Å². The Kier molecular flexibility index (Phi) is 9.06. The topological polar surface area (TPSA) is 23.6 Å². The van der Waals surface area contributed by atoms with E-state index in [0.29, 0.717) is 0 Å². The molecule has 0 aliphatic carbocycles. The predicted octanol–water partition coefficient (Wildman–Crippen LogP) is 6.49. The number of rotatable bonds is 6. The molecular formula is C29H36N2O. The van der Waals surface area contributed by atoms with Crippen molar-refractivity contribution >= 4 is 5.91 Å². The standard InChI is InChI=1S/C26H28N2O.C3H8/c1-27(25(28-19-11-12-20-28)23-17-9-4-10-18-23)26(29)24(21-13-5-2-6-14-21)22-15-7-3-8-16-22;1-3-2/h2-10,13-18,24-25H,11-12,19-20H2,1H3;3H2,1-2H3/t25-;/m1./s1. The zero-order valence-electron chi connectivity index (χ0n) is 19.7. The number of nitrogens with zero attached hydrogens (tertiary/aromatic N) is 2. The Morgan fingerprint density at radius 1 is 0.750 bits per heavy atom. The van der Waals surface area contributed by atoms with Crippen LogP contribution in [0.25, 0.3) is 0 Å². The molecule has 3 nitrogen and oxygen atoms in total. The van der Waals surface area contributed by atoms with E-state index >= 15 is 0 Å². The average Bonchev–Trinajstić information content (AvgIpc) is 3.36. The highest BCUT2D eigenvalue weighted by Gasteiger charge is 2.34. The van der Waals surface area contributed by atoms with Crippen molar-refractivity contribution in [2.24, 2.45) is 0 Å². The van der Waals surface area contributed by atoms with Crippen LogP contribution in [0.2, 0.25) is 0 Å². The molecule has 168 valence electrons. The summed E-state index contributed by atoms with van der Waals surface area (Å²) in [6.45, 7) is 6.30. The molecule has 1 heterocycles. The molecular weight excluding hydrogens is 392 g/mol. The zero-order valence-corrected chi connectivity index (χ0v) is 19.7. The summed E-state index contributed by atoms with van der Waals surface area (Å²) >= 11 is 0. The molecule has 0 aromatic heterocycles. The SMILES string of the molecule is CCC.CN(C(=O)C(c1ccccc1)c1ccccc1)[C@@H](c1ccccc1)N1CCCC1. The molecule has 1 aliphatic heterocycles. The summed E-state index contributed by atoms with van der Waals surface area (Å²) in [7, 11) is 1.96. The van der Waals surface area contributed by atoms with Gasteiger partial charge in [-0.15, -0.1) is 0 Å². The highest BCUT2D eigenvalue weighted by Crippen LogP contribution is 2.33. The first-order valence-corrected chi connectivity index (χ1v) is 11.8. The molecule has 4 rings (SSSR count). The number of benzene rings is 3. The minimum Gasteiger partial charge on any atom is -0.325 e. The molecule has 3 aromatic carbocycles. The minimum atomic E-state index is -0.309. The molecule has 1 amide bonds. The Bertz CT molecular complexity index is 882. The molecule has 0 bridgehead atoms. The van der Waals surface area contributed by atoms with Crippen LogP contribution in [-0.2, 0) is 4.79 Å². The average molecular weight is 429 g/mol. The van der Waals surface area contributed by atoms with E-state index < -0.39 is 0 Å². The van der Waals surface area contributed by atoms with Gasteiger partial charge in [0.15, 0.2) is 0 Å². The molecule has 0 radical (unpaired) electrons. The third-order valence-electron chi connectivity index (χ3n) is 5.81. The maximum absolute atomic E-state index is 13.9. The van der Waals surface area contributed by atoms with Crippen molar-refractivity contribution in [3.63, 3.8) is 0 Å². The van der Waals surface area contributed by atoms with E-state index in [1.807, 2.05) is 54.4 Å². The van der Waals surface area contributed by atoms with Gasteiger partial charge in [-0.05, 0) is 29.5 Å². The highest BCUT2D eigenvalue weighted by atomic mass is 16.2. The van der Waals surface area contributed by atoms with Crippen LogP contribution in [0.15, 0.2) is 91.0 Å². The number of likely N-dealkylation sites (tertiary alicyclic amines) is 1. The number of hydrogen-bond donors (Lipinski definition) is 0. The Hall–Kier alpha value is -2.91. The van der Waals surface area contributed by atoms with Crippen LogP contribution in [-0.4, -0.2) is 35.8 Å². The van der Waals surface area contributed by atoms with Crippen molar-refractivity contribution in [3.05, 3.63) is 108 Å². The Morgan fingerprint density at radius 3 is 1.53 bits per heavy atom. The number of likely N-dealkylation sites (N-methyl/N-ethyl adjacent to an activating group) is 1. The van der Waals surface area contributed by atoms with Gasteiger partial charge < -0.3 is 4.90 Å². The van der Waals surface area contributed by atoms with Crippen molar-refractivity contribution in [3.8, 4) is 0 Å². The van der Waals surface area contributed by atoms with Crippen molar-refractivity contribution in [1.29, 1.82) is 0 Å². The largest absolute Gasteiger partial charge is 0.325 e. The van der Waals surface area contributed by atoms with E-state index in [-0.39, 0.29) is 18.0 Å². The van der Waals surface area contributed by atoms with Crippen molar-refractivity contribution < 1.29 is 4.79 Å². The summed E-state index contributed by atoms with van der Waals surface area (Å²) in [5.74, 6) is -0.181. The van der Waals surface area contributed by atoms with Gasteiger partial charge in [-0.1, -0.05) is 111 Å². The maximum atomic E-state index is 13.9. The molecule has 0 saturated carbocycles. The lowest BCUT2D eigenvalue weighted by molar-refractivity contribution is -0.136. The van der Waals surface area contributed by atoms with E-state index in [1.54, 1.807) is 0 Å². The van der Waals surface area contributed by atoms with E-state index in [0.717, 1.165) is 24.2 Å². The fourth-order valence-corrected chi connectivity index (χ4v) is 4.38. The lowest BCUT2D eigenvalue weighted by atomic mass is 9.89. The van der Waals surface area contributed by atoms with Crippen LogP contribution in [0.5, 0.6) is 0 Å². The van der Waals surface area contributed by atoms with Gasteiger partial charge in [0.25, 0.3) is 0 Å². The van der Waals surface area contributed by atoms with E-state index in [2.05, 4.69) is 67.3 Å². The second-order valence-electron chi connectivity index (χ2n) is 8.44. The van der Waals surface area contributed by atoms with Crippen LogP contribution in [0.1, 0.15) is 61.9 Å². The predicted molar refractivity (Wildman–Crippen MR) is 133 cm³/mol. The molecule has 0 unspecified atom stereocenters. The Balaban J connectivity index is 0.000000913. The zero-order chi connectivity index (χ0) is 22.8. The first-order chi connectivity index (χ1) is 15.7. The molecule has 32 heavy (non-hydrogen) atoms. The van der Waals surface area contributed by atoms with Gasteiger partial charge in [-0.3, -0.25) is 9.69 Å². The second kappa shape index (κ2) is 12.2. The molecule has 1 fully saturated rings. The van der Waals surface area contributed by atoms with Gasteiger partial charge >= 0.3 is 0 Å². The molecule has 0 spiro atoms. The molecule has 1 atom stereocenters. The van der Waals surface area contributed by atoms with E-state index in [4.69, 9.17) is 0 Å². The summed E-state index contributed by atoms with van der Waals surface area (Å²) < 4.78 is 0. The van der Waals surface area contributed by atoms with Gasteiger partial charge in [0.2, 0.25) is 5.91 Å². The van der Waals surface area contributed by atoms with Gasteiger partial charge in [0.05, 0.1) is 5.92 Å². The lowest BCUT2D eigenvalue weighted by Gasteiger charge is -2.37. The third kappa shape index (κ3) is 5.86. The van der Waals surface area contributed by atoms with Gasteiger partial charge in [0.1, 0.15) is 6.17 Å². The summed E-state index contributed by atoms with van der Waals surface area (Å²) in [6.07, 6.45) is 3.58. The summed E-state index contributed by atoms with van der Waals surface area (Å²) in [5.41, 5.74) is 3.23. The lowest BCUT2D eigenvalue weighted by Crippen LogP contribution is -2.43. The van der Waals surface area contributed by atoms with Crippen molar-refractivity contribution in [1.82, 2.24) is 9.80 Å². The van der Waals surface area contributed by atoms with Crippen LogP contribution >= 0.6 is 0 Å². The van der Waals surface area contributed by atoms with E-state index in [1.165, 1.54) is 24.8 Å². The minimum absolute atomic E-state index is 0.0406. The van der Waals surface area contributed by atoms with Gasteiger partial charge in [-0.25, -0.2) is 0 Å². The van der Waals surface area contributed by atoms with Crippen molar-refractivity contribution in [2.45, 2.75) is 45.2 Å². The third-order valence-corrected chi connectivity index (χ3v) is 5.81. The fraction of sp³-hybridized carbons (Fsp3) is 0.345. The second-order valence-corrected chi connectivity index (χ2v) is 8.44. The van der Waals surface area contributed by atoms with Gasteiger partial charge in [0, 0.05) is 20.1 Å². The van der Waals surface area contributed by atoms with Crippen molar-refractivity contribution in [2.75, 3.05) is 20.1 Å². The Labute approximate surface area is 193 Å². The number of carbonyl (C=O) groups excluding carboxylic acids is 1. The molecule has 3 heteroatoms. The summed E-state index contributed by atoms with van der Waals surface area (Å²) in [6, 6.07) is 30.6. The number of carbonyl (C=O) groups is 1. The number of hydrogen-bond acceptors (Lipinski definition) is 2. The van der Waals surface area contributed by atoms with E-state index in [9.17, 15) is 4.79 Å². The highest BCUT2D eigenvalue weighted by molar-refractivity contribution is 5.87.